The quantitative estimate of drug-likeness (QED) is 0.453. The fraction of sp³-hybridized carbons (Fsp3) is 0. The fourth-order valence-electron chi connectivity index (χ4n) is 2.31. The van der Waals surface area contributed by atoms with E-state index < -0.39 is 7.92 Å². The minimum Gasteiger partial charge on any atom is -0.0620 e. The molecule has 0 unspecified atom stereocenters. The first kappa shape index (κ1) is 17.5. The predicted octanol–water partition coefficient (Wildman–Crippen LogP) is 4.55. The number of rotatable bonds is 3. The number of benzene rings is 3. The van der Waals surface area contributed by atoms with Gasteiger partial charge in [0.05, 0.1) is 7.92 Å². The summed E-state index contributed by atoms with van der Waals surface area (Å²) in [5, 5.41) is 4.31. The van der Waals surface area contributed by atoms with Crippen LogP contribution in [0.2, 0.25) is 0 Å². The second-order valence-corrected chi connectivity index (χ2v) is 8.63. The molecule has 3 aromatic carbocycles. The van der Waals surface area contributed by atoms with Crippen molar-refractivity contribution in [2.45, 2.75) is 0 Å². The van der Waals surface area contributed by atoms with Crippen LogP contribution >= 0.6 is 28.3 Å². The van der Waals surface area contributed by atoms with Gasteiger partial charge in [0.2, 0.25) is 0 Å². The van der Waals surface area contributed by atoms with Gasteiger partial charge in [-0.2, -0.15) is 0 Å². The van der Waals surface area contributed by atoms with Gasteiger partial charge in [-0.15, -0.1) is 0 Å². The summed E-state index contributed by atoms with van der Waals surface area (Å²) in [6.45, 7) is 0. The Hall–Kier alpha value is -0.836. The molecule has 116 valence electrons. The molecule has 0 nitrogen and oxygen atoms in total. The van der Waals surface area contributed by atoms with E-state index in [2.05, 4.69) is 91.0 Å². The maximum absolute atomic E-state index is 4.70. The first-order valence-electron chi connectivity index (χ1n) is 6.72. The van der Waals surface area contributed by atoms with Crippen LogP contribution in [-0.2, 0) is 12.7 Å². The largest absolute Gasteiger partial charge is 0.102 e. The molecule has 0 radical (unpaired) electrons. The zero-order valence-electron chi connectivity index (χ0n) is 11.7. The Kier molecular flexibility index (Phi) is 7.99. The van der Waals surface area contributed by atoms with Crippen molar-refractivity contribution in [2.24, 2.45) is 0 Å². The van der Waals surface area contributed by atoms with Crippen LogP contribution in [0, 0.1) is 0 Å². The van der Waals surface area contributed by atoms with Crippen molar-refractivity contribution in [2.75, 3.05) is 0 Å². The smallest absolute Gasteiger partial charge is 0.0620 e. The number of hydrogen-bond donors (Lipinski definition) is 0. The van der Waals surface area contributed by atoms with E-state index in [9.17, 15) is 0 Å². The van der Waals surface area contributed by atoms with E-state index in [0.717, 1.165) is 0 Å². The Morgan fingerprint density at radius 2 is 0.727 bits per heavy atom. The normalized spacial score (nSPS) is 10.1. The summed E-state index contributed by atoms with van der Waals surface area (Å²) in [6, 6.07) is 32.5. The van der Waals surface area contributed by atoms with Crippen LogP contribution in [-0.4, -0.2) is 0 Å². The van der Waals surface area contributed by atoms with Gasteiger partial charge in [-0.25, -0.2) is 0 Å². The van der Waals surface area contributed by atoms with E-state index in [4.69, 9.17) is 20.4 Å². The van der Waals surface area contributed by atoms with Crippen LogP contribution in [0.4, 0.5) is 0 Å². The van der Waals surface area contributed by atoms with E-state index in [1.54, 1.807) is 0 Å². The third-order valence-electron chi connectivity index (χ3n) is 3.19. The van der Waals surface area contributed by atoms with Crippen molar-refractivity contribution in [1.29, 1.82) is 0 Å². The monoisotopic (exact) mass is 391 g/mol. The molecule has 0 saturated carbocycles. The van der Waals surface area contributed by atoms with Crippen molar-refractivity contribution in [3.63, 3.8) is 0 Å². The van der Waals surface area contributed by atoms with Gasteiger partial charge in [0.25, 0.3) is 0 Å². The molecule has 3 rings (SSSR count). The third kappa shape index (κ3) is 5.11. The predicted molar refractivity (Wildman–Crippen MR) is 98.2 cm³/mol. The van der Waals surface area contributed by atoms with Crippen LogP contribution in [0.15, 0.2) is 91.0 Å². The van der Waals surface area contributed by atoms with Gasteiger partial charge < -0.3 is 0 Å². The molecule has 0 aromatic heterocycles. The Balaban J connectivity index is 0.000000545. The van der Waals surface area contributed by atoms with Crippen LogP contribution in [0.5, 0.6) is 0 Å². The minimum atomic E-state index is -0.877. The van der Waals surface area contributed by atoms with Crippen molar-refractivity contribution < 1.29 is 12.7 Å². The molecule has 4 heteroatoms. The Bertz CT molecular complexity index is 554. The summed E-state index contributed by atoms with van der Waals surface area (Å²) in [6.07, 6.45) is 0. The SMILES string of the molecule is [Cl][Ni][Cl].c1ccc([PH+](c2ccccc2)c2ccccc2)cc1. The molecule has 0 heterocycles. The molecule has 0 atom stereocenters. The number of halogens is 2. The average Bonchev–Trinajstić information content (AvgIpc) is 2.59. The molecule has 0 spiro atoms. The Labute approximate surface area is 147 Å². The Morgan fingerprint density at radius 3 is 0.955 bits per heavy atom. The van der Waals surface area contributed by atoms with E-state index in [-0.39, 0.29) is 0 Å². The third-order valence-corrected chi connectivity index (χ3v) is 5.92. The number of hydrogen-bond acceptors (Lipinski definition) is 0. The molecule has 0 aliphatic heterocycles. The second-order valence-electron chi connectivity index (χ2n) is 4.52. The molecule has 22 heavy (non-hydrogen) atoms. The molecule has 3 aromatic rings. The van der Waals surface area contributed by atoms with Crippen molar-refractivity contribution in [1.82, 2.24) is 0 Å². The fourth-order valence-corrected chi connectivity index (χ4v) is 4.89. The van der Waals surface area contributed by atoms with E-state index in [1.807, 2.05) is 0 Å². The van der Waals surface area contributed by atoms with Gasteiger partial charge in [-0.3, -0.25) is 0 Å². The van der Waals surface area contributed by atoms with Crippen LogP contribution in [0.3, 0.4) is 0 Å². The summed E-state index contributed by atoms with van der Waals surface area (Å²) in [5.41, 5.74) is 0. The van der Waals surface area contributed by atoms with Gasteiger partial charge in [0.1, 0.15) is 15.9 Å². The molecular formula is C18H16Cl2NiP+. The zero-order chi connectivity index (χ0) is 15.6. The molecule has 0 aliphatic carbocycles. The van der Waals surface area contributed by atoms with Gasteiger partial charge in [0, 0.05) is 0 Å². The van der Waals surface area contributed by atoms with Crippen LogP contribution in [0.1, 0.15) is 0 Å². The van der Waals surface area contributed by atoms with Gasteiger partial charge in [0.15, 0.2) is 0 Å². The van der Waals surface area contributed by atoms with E-state index in [0.29, 0.717) is 12.7 Å². The Morgan fingerprint density at radius 1 is 0.500 bits per heavy atom. The minimum absolute atomic E-state index is 0.569. The zero-order valence-corrected chi connectivity index (χ0v) is 15.2. The maximum Gasteiger partial charge on any atom is 0.102 e. The standard InChI is InChI=1S/C18H15P.2ClH.Ni/c1-4-10-16(11-5-1)19(17-12-6-2-7-13-17)18-14-8-3-9-15-18;;;/h1-15H;2*1H;/q;;;+2/p-1. The van der Waals surface area contributed by atoms with Crippen molar-refractivity contribution >= 4 is 44.2 Å². The first-order chi connectivity index (χ1) is 10.9. The van der Waals surface area contributed by atoms with Gasteiger partial charge in [-0.05, 0) is 36.4 Å². The van der Waals surface area contributed by atoms with E-state index >= 15 is 0 Å². The first-order valence-corrected chi connectivity index (χ1v) is 10.9. The summed E-state index contributed by atoms with van der Waals surface area (Å²) < 4.78 is 0. The average molecular weight is 393 g/mol. The van der Waals surface area contributed by atoms with Gasteiger partial charge >= 0.3 is 33.0 Å². The molecule has 0 N–H and O–H groups in total. The maximum atomic E-state index is 4.70. The summed E-state index contributed by atoms with van der Waals surface area (Å²) in [7, 11) is 8.53. The summed E-state index contributed by atoms with van der Waals surface area (Å²) in [5.74, 6) is 0. The molecule has 0 amide bonds. The molecule has 0 bridgehead atoms. The molecule has 0 fully saturated rings. The van der Waals surface area contributed by atoms with Crippen molar-refractivity contribution in [3.8, 4) is 0 Å². The topological polar surface area (TPSA) is 0 Å². The molecular weight excluding hydrogens is 377 g/mol. The van der Waals surface area contributed by atoms with Crippen molar-refractivity contribution in [3.05, 3.63) is 91.0 Å². The molecule has 0 saturated heterocycles. The van der Waals surface area contributed by atoms with E-state index in [1.165, 1.54) is 15.9 Å². The summed E-state index contributed by atoms with van der Waals surface area (Å²) in [4.78, 5) is 0. The van der Waals surface area contributed by atoms with Crippen LogP contribution < -0.4 is 15.9 Å². The van der Waals surface area contributed by atoms with Gasteiger partial charge in [-0.1, -0.05) is 54.6 Å². The summed E-state index contributed by atoms with van der Waals surface area (Å²) >= 11 is 0.569. The van der Waals surface area contributed by atoms with Crippen LogP contribution in [0.25, 0.3) is 0 Å². The second kappa shape index (κ2) is 10.0. The molecule has 0 aliphatic rings.